The quantitative estimate of drug-likeness (QED) is 0.209. The third kappa shape index (κ3) is 4.59. The van der Waals surface area contributed by atoms with Crippen LogP contribution in [0.4, 0.5) is 0 Å². The number of fused-ring (bicyclic) bond motifs is 3. The van der Waals surface area contributed by atoms with Gasteiger partial charge in [-0.15, -0.1) is 0 Å². The lowest BCUT2D eigenvalue weighted by molar-refractivity contribution is 0.815. The highest BCUT2D eigenvalue weighted by atomic mass is 14.3. The van der Waals surface area contributed by atoms with E-state index in [2.05, 4.69) is 164 Å². The van der Waals surface area contributed by atoms with Crippen LogP contribution < -0.4 is 0 Å². The van der Waals surface area contributed by atoms with Gasteiger partial charge < -0.3 is 0 Å². The van der Waals surface area contributed by atoms with Gasteiger partial charge >= 0.3 is 0 Å². The highest BCUT2D eigenvalue weighted by Gasteiger charge is 2.26. The largest absolute Gasteiger partial charge is 0.0622 e. The van der Waals surface area contributed by atoms with E-state index in [9.17, 15) is 0 Å². The Labute approximate surface area is 236 Å². The van der Waals surface area contributed by atoms with Crippen molar-refractivity contribution in [3.8, 4) is 33.4 Å². The maximum atomic E-state index is 2.43. The number of benzene rings is 1. The fourth-order valence-electron chi connectivity index (χ4n) is 6.14. The average Bonchev–Trinajstić information content (AvgIpc) is 3.42. The Balaban J connectivity index is 1.37. The van der Waals surface area contributed by atoms with Crippen LogP contribution in [0.3, 0.4) is 0 Å². The van der Waals surface area contributed by atoms with Crippen LogP contribution in [0.25, 0.3) is 45.5 Å². The topological polar surface area (TPSA) is 0 Å². The first-order chi connectivity index (χ1) is 19.8. The molecule has 1 aromatic carbocycles. The van der Waals surface area contributed by atoms with Crippen LogP contribution in [0, 0.1) is 0 Å². The molecule has 0 saturated carbocycles. The molecule has 7 rings (SSSR count). The second kappa shape index (κ2) is 10.7. The molecule has 1 unspecified atom stereocenters. The Bertz CT molecular complexity index is 1820. The minimum Gasteiger partial charge on any atom is -0.0622 e. The Hall–Kier alpha value is -4.94. The summed E-state index contributed by atoms with van der Waals surface area (Å²) in [6.07, 6.45) is 5.53. The van der Waals surface area contributed by atoms with Gasteiger partial charge in [0, 0.05) is 5.92 Å². The zero-order valence-corrected chi connectivity index (χ0v) is 22.4. The van der Waals surface area contributed by atoms with Crippen molar-refractivity contribution in [2.45, 2.75) is 12.3 Å². The summed E-state index contributed by atoms with van der Waals surface area (Å²) in [5.41, 5.74) is 14.4. The zero-order valence-electron chi connectivity index (χ0n) is 22.4. The fourth-order valence-corrected chi connectivity index (χ4v) is 6.14. The smallest absolute Gasteiger partial charge is 0.0142 e. The first-order valence-corrected chi connectivity index (χ1v) is 14.0. The van der Waals surface area contributed by atoms with Gasteiger partial charge in [-0.3, -0.25) is 0 Å². The van der Waals surface area contributed by atoms with E-state index in [1.807, 2.05) is 0 Å². The maximum absolute atomic E-state index is 2.43. The zero-order chi connectivity index (χ0) is 26.7. The van der Waals surface area contributed by atoms with E-state index in [-0.39, 0.29) is 5.92 Å². The normalized spacial score (nSPS) is 12.4. The molecule has 190 valence electrons. The fraction of sp³-hybridized carbons (Fsp3) is 0.0500. The molecule has 0 amide bonds. The molecule has 0 fully saturated rings. The number of hydrogen-bond donors (Lipinski definition) is 0. The lowest BCUT2D eigenvalue weighted by Gasteiger charge is -2.19. The van der Waals surface area contributed by atoms with Gasteiger partial charge in [0.1, 0.15) is 0 Å². The van der Waals surface area contributed by atoms with Crippen molar-refractivity contribution in [2.75, 3.05) is 0 Å². The minimum absolute atomic E-state index is 0.230. The van der Waals surface area contributed by atoms with Gasteiger partial charge in [-0.25, -0.2) is 0 Å². The van der Waals surface area contributed by atoms with Gasteiger partial charge in [0.25, 0.3) is 0 Å². The van der Waals surface area contributed by atoms with E-state index in [0.717, 1.165) is 6.42 Å². The van der Waals surface area contributed by atoms with Crippen molar-refractivity contribution in [1.29, 1.82) is 0 Å². The molecule has 40 heavy (non-hydrogen) atoms. The number of rotatable bonds is 6. The summed E-state index contributed by atoms with van der Waals surface area (Å²) in [6.45, 7) is 0. The molecule has 0 bridgehead atoms. The highest BCUT2D eigenvalue weighted by molar-refractivity contribution is 5.89. The molecule has 0 heteroatoms. The van der Waals surface area contributed by atoms with Crippen LogP contribution in [0.5, 0.6) is 0 Å². The third-order valence-electron chi connectivity index (χ3n) is 8.10. The molecule has 0 radical (unpaired) electrons. The van der Waals surface area contributed by atoms with Crippen LogP contribution in [0.1, 0.15) is 33.7 Å². The molecule has 0 heterocycles. The van der Waals surface area contributed by atoms with Crippen molar-refractivity contribution in [3.63, 3.8) is 0 Å². The van der Waals surface area contributed by atoms with E-state index in [1.165, 1.54) is 61.2 Å². The minimum atomic E-state index is 0.230. The molecule has 6 aliphatic carbocycles. The Morgan fingerprint density at radius 2 is 0.950 bits per heavy atom. The van der Waals surface area contributed by atoms with E-state index in [0.29, 0.717) is 0 Å². The Morgan fingerprint density at radius 1 is 0.400 bits per heavy atom. The summed E-state index contributed by atoms with van der Waals surface area (Å²) in [5, 5.41) is 0. The molecule has 0 nitrogen and oxygen atoms in total. The monoisotopic (exact) mass is 510 g/mol. The standard InChI is InChI=1S/C40H30/c1-5-13-29(14-6-1)27-39(38-26-25-31-16-8-3-10-18-35(31)38)40-28-33(36-19-11-4-12-20-37(36)40)24-23-32-22-21-30-15-7-2-9-17-34(30)32/h1-26,28,39H,27H2/b24-23+. The van der Waals surface area contributed by atoms with E-state index in [1.54, 1.807) is 0 Å². The molecule has 0 spiro atoms. The summed E-state index contributed by atoms with van der Waals surface area (Å²) >= 11 is 0. The molecule has 1 atom stereocenters. The van der Waals surface area contributed by atoms with Crippen molar-refractivity contribution >= 4 is 12.2 Å². The summed E-state index contributed by atoms with van der Waals surface area (Å²) in [5.74, 6) is 0.230. The van der Waals surface area contributed by atoms with Crippen LogP contribution in [0.2, 0.25) is 0 Å². The first kappa shape index (κ1) is 24.1. The molecule has 0 aromatic heterocycles. The maximum Gasteiger partial charge on any atom is 0.0142 e. The van der Waals surface area contributed by atoms with E-state index >= 15 is 0 Å². The summed E-state index contributed by atoms with van der Waals surface area (Å²) in [4.78, 5) is 0. The van der Waals surface area contributed by atoms with Crippen LogP contribution >= 0.6 is 0 Å². The first-order valence-electron chi connectivity index (χ1n) is 14.0. The summed E-state index contributed by atoms with van der Waals surface area (Å²) in [7, 11) is 0. The van der Waals surface area contributed by atoms with Gasteiger partial charge in [-0.2, -0.15) is 0 Å². The lowest BCUT2D eigenvalue weighted by atomic mass is 9.84. The summed E-state index contributed by atoms with van der Waals surface area (Å²) in [6, 6.07) is 55.0. The molecular formula is C40H30. The van der Waals surface area contributed by atoms with Gasteiger partial charge in [-0.05, 0) is 73.7 Å². The predicted molar refractivity (Wildman–Crippen MR) is 170 cm³/mol. The lowest BCUT2D eigenvalue weighted by Crippen LogP contribution is -2.05. The van der Waals surface area contributed by atoms with Crippen LogP contribution in [-0.2, 0) is 6.42 Å². The van der Waals surface area contributed by atoms with Crippen molar-refractivity contribution < 1.29 is 0 Å². The van der Waals surface area contributed by atoms with Gasteiger partial charge in [-0.1, -0.05) is 158 Å². The second-order valence-electron chi connectivity index (χ2n) is 10.5. The molecule has 6 aliphatic rings. The Morgan fingerprint density at radius 3 is 1.70 bits per heavy atom. The average molecular weight is 511 g/mol. The molecule has 1 aromatic rings. The predicted octanol–water partition coefficient (Wildman–Crippen LogP) is 10.5. The Kier molecular flexibility index (Phi) is 6.44. The molecule has 0 N–H and O–H groups in total. The van der Waals surface area contributed by atoms with Gasteiger partial charge in [0.15, 0.2) is 0 Å². The van der Waals surface area contributed by atoms with Crippen LogP contribution in [0.15, 0.2) is 152 Å². The number of hydrogen-bond acceptors (Lipinski definition) is 0. The van der Waals surface area contributed by atoms with Crippen LogP contribution in [-0.4, -0.2) is 0 Å². The summed E-state index contributed by atoms with van der Waals surface area (Å²) < 4.78 is 0. The molecular weight excluding hydrogens is 480 g/mol. The van der Waals surface area contributed by atoms with Gasteiger partial charge in [0.2, 0.25) is 0 Å². The molecule has 0 aliphatic heterocycles. The van der Waals surface area contributed by atoms with Crippen molar-refractivity contribution in [3.05, 3.63) is 179 Å². The van der Waals surface area contributed by atoms with E-state index < -0.39 is 0 Å². The third-order valence-corrected chi connectivity index (χ3v) is 8.10. The van der Waals surface area contributed by atoms with E-state index in [4.69, 9.17) is 0 Å². The molecule has 0 saturated heterocycles. The SMILES string of the molecule is C(=C\c1cc(C(Cc2ccccc2)c2ccc3cccccc2-3)c2cccccc1-2)/c1ccc2cccccc1-2. The van der Waals surface area contributed by atoms with Gasteiger partial charge in [0.05, 0.1) is 0 Å². The highest BCUT2D eigenvalue weighted by Crippen LogP contribution is 2.44. The van der Waals surface area contributed by atoms with Crippen molar-refractivity contribution in [1.82, 2.24) is 0 Å². The second-order valence-corrected chi connectivity index (χ2v) is 10.5. The van der Waals surface area contributed by atoms with Crippen molar-refractivity contribution in [2.24, 2.45) is 0 Å².